The summed E-state index contributed by atoms with van der Waals surface area (Å²) in [6, 6.07) is 0. The number of hydrogen-bond acceptors (Lipinski definition) is 2. The zero-order chi connectivity index (χ0) is 3.41. The maximum Gasteiger partial charge on any atom is 2.00 e. The van der Waals surface area contributed by atoms with Crippen LogP contribution in [0.25, 0.3) is 0 Å². The number of rotatable bonds is 1. The van der Waals surface area contributed by atoms with Crippen molar-refractivity contribution in [3.8, 4) is 0 Å². The Morgan fingerprint density at radius 3 is 2.00 bits per heavy atom. The minimum Gasteiger partial charge on any atom is -0.328 e. The van der Waals surface area contributed by atoms with Gasteiger partial charge in [-0.3, -0.25) is 11.3 Å². The van der Waals surface area contributed by atoms with Crippen LogP contribution >= 0.6 is 0 Å². The molecule has 0 unspecified atom stereocenters. The van der Waals surface area contributed by atoms with Crippen LogP contribution in [-0.4, -0.2) is 6.54 Å². The predicted octanol–water partition coefficient (Wildman–Crippen LogP) is -0.719. The van der Waals surface area contributed by atoms with Crippen LogP contribution in [0.4, 0.5) is 0 Å². The summed E-state index contributed by atoms with van der Waals surface area (Å²) in [6.07, 6.45) is 0. The molecular weight excluding hydrogens is 111 g/mol. The third kappa shape index (κ3) is 12.8. The van der Waals surface area contributed by atoms with Gasteiger partial charge in [-0.15, -0.1) is 6.54 Å². The summed E-state index contributed by atoms with van der Waals surface area (Å²) in [4.78, 5) is 0. The van der Waals surface area contributed by atoms with Crippen molar-refractivity contribution in [2.75, 3.05) is 6.54 Å². The molecule has 0 atom stereocenters. The third-order valence-corrected chi connectivity index (χ3v) is 0.144. The molecular formula is C2H7CoN2+. The first-order chi connectivity index (χ1) is 1.91. The Morgan fingerprint density at radius 1 is 1.80 bits per heavy atom. The third-order valence-electron chi connectivity index (χ3n) is 0.144. The summed E-state index contributed by atoms with van der Waals surface area (Å²) < 4.78 is 0. The maximum atomic E-state index is 4.72. The van der Waals surface area contributed by atoms with Crippen molar-refractivity contribution in [2.24, 2.45) is 5.84 Å². The van der Waals surface area contributed by atoms with Crippen LogP contribution in [-0.2, 0) is 16.8 Å². The van der Waals surface area contributed by atoms with Crippen molar-refractivity contribution in [3.05, 3.63) is 6.92 Å². The van der Waals surface area contributed by atoms with Crippen LogP contribution in [0.2, 0.25) is 0 Å². The van der Waals surface area contributed by atoms with Gasteiger partial charge in [0.2, 0.25) is 0 Å². The first-order valence-corrected chi connectivity index (χ1v) is 1.14. The molecule has 33 valence electrons. The molecule has 0 heterocycles. The molecule has 0 saturated carbocycles. The standard InChI is InChI=1S/C2H7N2.Co/c1-2-4-3;/h4H,1-3H2;/q-1;+2. The topological polar surface area (TPSA) is 38.0 Å². The molecule has 0 spiro atoms. The van der Waals surface area contributed by atoms with Crippen LogP contribution < -0.4 is 11.3 Å². The molecule has 0 aromatic heterocycles. The van der Waals surface area contributed by atoms with Crippen LogP contribution in [0.15, 0.2) is 0 Å². The van der Waals surface area contributed by atoms with E-state index in [0.29, 0.717) is 6.54 Å². The maximum absolute atomic E-state index is 4.72. The number of hydrogen-bond donors (Lipinski definition) is 2. The van der Waals surface area contributed by atoms with Crippen molar-refractivity contribution in [1.82, 2.24) is 5.43 Å². The molecule has 0 aromatic carbocycles. The van der Waals surface area contributed by atoms with Gasteiger partial charge in [0, 0.05) is 0 Å². The Morgan fingerprint density at radius 2 is 2.00 bits per heavy atom. The first kappa shape index (κ1) is 9.06. The smallest absolute Gasteiger partial charge is 0.328 e. The van der Waals surface area contributed by atoms with Gasteiger partial charge in [-0.25, -0.2) is 0 Å². The molecule has 0 amide bonds. The van der Waals surface area contributed by atoms with Crippen LogP contribution in [0.1, 0.15) is 0 Å². The van der Waals surface area contributed by atoms with Crippen molar-refractivity contribution in [3.63, 3.8) is 0 Å². The van der Waals surface area contributed by atoms with Crippen molar-refractivity contribution < 1.29 is 16.8 Å². The van der Waals surface area contributed by atoms with Gasteiger partial charge in [-0.2, -0.15) is 0 Å². The Kier molecular flexibility index (Phi) is 16.0. The molecule has 3 heteroatoms. The van der Waals surface area contributed by atoms with E-state index in [2.05, 4.69) is 12.3 Å². The van der Waals surface area contributed by atoms with Crippen molar-refractivity contribution in [2.45, 2.75) is 0 Å². The van der Waals surface area contributed by atoms with E-state index in [4.69, 9.17) is 5.84 Å². The molecule has 0 rings (SSSR count). The van der Waals surface area contributed by atoms with Gasteiger partial charge in [-0.05, 0) is 0 Å². The molecule has 0 aromatic rings. The fourth-order valence-corrected chi connectivity index (χ4v) is 0. The number of nitrogens with one attached hydrogen (secondary N) is 1. The first-order valence-electron chi connectivity index (χ1n) is 1.14. The summed E-state index contributed by atoms with van der Waals surface area (Å²) in [5.41, 5.74) is 2.32. The quantitative estimate of drug-likeness (QED) is 0.271. The second kappa shape index (κ2) is 8.83. The largest absolute Gasteiger partial charge is 2.00 e. The molecule has 0 aliphatic heterocycles. The SMILES string of the molecule is [CH2-]CNN.[Co+2]. The molecule has 5 heavy (non-hydrogen) atoms. The molecule has 0 bridgehead atoms. The van der Waals surface area contributed by atoms with Gasteiger partial charge in [0.1, 0.15) is 0 Å². The molecule has 2 nitrogen and oxygen atoms in total. The van der Waals surface area contributed by atoms with Crippen LogP contribution in [0.5, 0.6) is 0 Å². The summed E-state index contributed by atoms with van der Waals surface area (Å²) >= 11 is 0. The molecule has 1 radical (unpaired) electrons. The van der Waals surface area contributed by atoms with E-state index >= 15 is 0 Å². The average molecular weight is 118 g/mol. The second-order valence-corrected chi connectivity index (χ2v) is 0.454. The molecule has 0 fully saturated rings. The normalized spacial score (nSPS) is 6.00. The summed E-state index contributed by atoms with van der Waals surface area (Å²) in [7, 11) is 0. The van der Waals surface area contributed by atoms with Gasteiger partial charge in [0.25, 0.3) is 0 Å². The molecule has 0 saturated heterocycles. The number of nitrogens with two attached hydrogens (primary N) is 1. The second-order valence-electron chi connectivity index (χ2n) is 0.454. The fourth-order valence-electron chi connectivity index (χ4n) is 0. The fraction of sp³-hybridized carbons (Fsp3) is 0.500. The van der Waals surface area contributed by atoms with E-state index < -0.39 is 0 Å². The van der Waals surface area contributed by atoms with E-state index in [-0.39, 0.29) is 16.8 Å². The van der Waals surface area contributed by atoms with Gasteiger partial charge in [0.15, 0.2) is 0 Å². The van der Waals surface area contributed by atoms with Crippen LogP contribution in [0, 0.1) is 6.92 Å². The van der Waals surface area contributed by atoms with Crippen molar-refractivity contribution >= 4 is 0 Å². The Bertz CT molecular complexity index is 9.61. The van der Waals surface area contributed by atoms with E-state index in [0.717, 1.165) is 0 Å². The van der Waals surface area contributed by atoms with Crippen molar-refractivity contribution in [1.29, 1.82) is 0 Å². The van der Waals surface area contributed by atoms with Gasteiger partial charge in [-0.1, -0.05) is 0 Å². The van der Waals surface area contributed by atoms with E-state index in [1.807, 2.05) is 0 Å². The van der Waals surface area contributed by atoms with Crippen LogP contribution in [0.3, 0.4) is 0 Å². The predicted molar refractivity (Wildman–Crippen MR) is 17.5 cm³/mol. The minimum atomic E-state index is 0. The van der Waals surface area contributed by atoms with Gasteiger partial charge < -0.3 is 6.92 Å². The molecule has 0 aliphatic carbocycles. The van der Waals surface area contributed by atoms with Gasteiger partial charge >= 0.3 is 16.8 Å². The summed E-state index contributed by atoms with van der Waals surface area (Å²) in [5, 5.41) is 0. The van der Waals surface area contributed by atoms with E-state index in [1.165, 1.54) is 0 Å². The van der Waals surface area contributed by atoms with E-state index in [9.17, 15) is 0 Å². The zero-order valence-electron chi connectivity index (χ0n) is 2.82. The molecule has 0 aliphatic rings. The minimum absolute atomic E-state index is 0. The van der Waals surface area contributed by atoms with E-state index in [1.54, 1.807) is 0 Å². The molecule has 3 N–H and O–H groups in total. The monoisotopic (exact) mass is 118 g/mol. The summed E-state index contributed by atoms with van der Waals surface area (Å²) in [5.74, 6) is 4.72. The van der Waals surface area contributed by atoms with Gasteiger partial charge in [0.05, 0.1) is 0 Å². The number of hydrazine groups is 1. The summed E-state index contributed by atoms with van der Waals surface area (Å²) in [6.45, 7) is 3.97. The average Bonchev–Trinajstić information content (AvgIpc) is 1.37. The Labute approximate surface area is 42.3 Å². The Balaban J connectivity index is 0. The Hall–Kier alpha value is 0.426. The zero-order valence-corrected chi connectivity index (χ0v) is 3.87.